The highest BCUT2D eigenvalue weighted by Gasteiger charge is 2.33. The number of carbonyl (C=O) groups excluding carboxylic acids is 2. The molecule has 1 fully saturated rings. The lowest BCUT2D eigenvalue weighted by Crippen LogP contribution is -2.54. The highest BCUT2D eigenvalue weighted by atomic mass is 16.4. The van der Waals surface area contributed by atoms with E-state index >= 15 is 0 Å². The van der Waals surface area contributed by atoms with Gasteiger partial charge >= 0.3 is 77.6 Å². The van der Waals surface area contributed by atoms with Crippen molar-refractivity contribution in [3.05, 3.63) is 84.4 Å². The Hall–Kier alpha value is -10.6. The summed E-state index contributed by atoms with van der Waals surface area (Å²) in [5.41, 5.74) is 24.8. The van der Waals surface area contributed by atoms with Gasteiger partial charge in [0, 0.05) is 45.2 Å². The maximum absolute atomic E-state index is 10.8. The third-order valence-electron chi connectivity index (χ3n) is 12.1. The van der Waals surface area contributed by atoms with E-state index in [4.69, 9.17) is 89.3 Å². The summed E-state index contributed by atoms with van der Waals surface area (Å²) in [5, 5.41) is 135. The first-order valence-electron chi connectivity index (χ1n) is 33.4. The molecule has 3 aromatic carbocycles. The Balaban J connectivity index is -0.000000174. The van der Waals surface area contributed by atoms with Crippen LogP contribution in [-0.4, -0.2) is 298 Å². The fraction of sp³-hybridized carbons (Fsp3) is 0.530. The zero-order valence-corrected chi connectivity index (χ0v) is 62.2. The number of hydrogen-bond acceptors (Lipinski definition) is 29. The summed E-state index contributed by atoms with van der Waals surface area (Å²) >= 11 is 0. The molecule has 3 aromatic rings. The van der Waals surface area contributed by atoms with Gasteiger partial charge in [-0.25, -0.2) is 0 Å². The third-order valence-corrected chi connectivity index (χ3v) is 12.1. The van der Waals surface area contributed by atoms with Crippen molar-refractivity contribution in [3.8, 4) is 0 Å². The molecule has 0 radical (unpaired) electrons. The van der Waals surface area contributed by atoms with Crippen LogP contribution >= 0.6 is 0 Å². The zero-order valence-electron chi connectivity index (χ0n) is 62.2. The second-order valence-corrected chi connectivity index (χ2v) is 21.9. The summed E-state index contributed by atoms with van der Waals surface area (Å²) in [4.78, 5) is 150. The van der Waals surface area contributed by atoms with Crippen molar-refractivity contribution in [2.24, 2.45) is 28.7 Å². The van der Waals surface area contributed by atoms with Gasteiger partial charge in [-0.15, -0.1) is 0 Å². The molecule has 1 saturated carbocycles. The lowest BCUT2D eigenvalue weighted by Gasteiger charge is -2.26. The van der Waals surface area contributed by atoms with E-state index in [9.17, 15) is 71.9 Å². The molecule has 44 nitrogen and oxygen atoms in total. The Morgan fingerprint density at radius 1 is 0.400 bits per heavy atom. The molecule has 1 aliphatic rings. The number of carboxylic acids is 13. The highest BCUT2D eigenvalue weighted by molar-refractivity contribution is 5.82. The number of primary amides is 2. The number of unbranched alkanes of at least 4 members (excludes halogenated alkanes) is 1. The molecule has 2 unspecified atom stereocenters. The van der Waals surface area contributed by atoms with Crippen LogP contribution in [0.3, 0.4) is 0 Å². The Morgan fingerprint density at radius 3 is 1.05 bits per heavy atom. The molecule has 0 aliphatic heterocycles. The molecule has 36 N–H and O–H groups in total. The minimum absolute atomic E-state index is 0. The molecule has 110 heavy (non-hydrogen) atoms. The first-order chi connectivity index (χ1) is 51.2. The first-order valence-corrected chi connectivity index (χ1v) is 33.4. The normalized spacial score (nSPS) is 11.0. The maximum Gasteiger partial charge on any atom is 0.323 e. The van der Waals surface area contributed by atoms with Crippen molar-refractivity contribution < 1.29 is 138 Å². The van der Waals surface area contributed by atoms with Crippen LogP contribution in [0.25, 0.3) is 10.8 Å². The van der Waals surface area contributed by atoms with Crippen LogP contribution in [0.2, 0.25) is 0 Å². The van der Waals surface area contributed by atoms with Crippen molar-refractivity contribution in [3.63, 3.8) is 0 Å². The predicted molar refractivity (Wildman–Crippen MR) is 402 cm³/mol. The van der Waals surface area contributed by atoms with E-state index in [-0.39, 0.29) is 97.5 Å². The molecule has 0 bridgehead atoms. The van der Waals surface area contributed by atoms with Crippen LogP contribution in [-0.2, 0) is 78.5 Å². The highest BCUT2D eigenvalue weighted by Crippen LogP contribution is 2.17. The number of hydrogen-bond donors (Lipinski definition) is 29. The number of aliphatic carboxylic acids is 13. The number of amides is 2. The number of carbonyl (C=O) groups is 15. The van der Waals surface area contributed by atoms with Crippen molar-refractivity contribution in [1.29, 1.82) is 0 Å². The summed E-state index contributed by atoms with van der Waals surface area (Å²) in [6, 6.07) is 26.0. The summed E-state index contributed by atoms with van der Waals surface area (Å²) < 4.78 is 0. The molecule has 44 heteroatoms. The molecule has 630 valence electrons. The molecule has 0 aromatic heterocycles. The monoisotopic (exact) mass is 1580 g/mol. The summed E-state index contributed by atoms with van der Waals surface area (Å²) in [6.07, 6.45) is 6.72. The van der Waals surface area contributed by atoms with Gasteiger partial charge in [0.2, 0.25) is 11.8 Å². The van der Waals surface area contributed by atoms with Crippen molar-refractivity contribution >= 4 is 100 Å². The van der Waals surface area contributed by atoms with E-state index in [2.05, 4.69) is 107 Å². The zero-order chi connectivity index (χ0) is 84.8. The van der Waals surface area contributed by atoms with Gasteiger partial charge in [0.05, 0.1) is 78.4 Å². The molecule has 0 heterocycles. The molecule has 4 rings (SSSR count). The summed E-state index contributed by atoms with van der Waals surface area (Å²) in [5.74, 6) is -13.1. The molecular formula is C66H118N16O28. The average molecular weight is 1580 g/mol. The third kappa shape index (κ3) is 102. The van der Waals surface area contributed by atoms with Gasteiger partial charge in [0.15, 0.2) is 0 Å². The van der Waals surface area contributed by atoms with E-state index in [1.165, 1.54) is 31.0 Å². The summed E-state index contributed by atoms with van der Waals surface area (Å²) in [7, 11) is 0. The number of fused-ring (bicyclic) bond motifs is 1. The Morgan fingerprint density at radius 2 is 0.736 bits per heavy atom. The number of nitrogens with two attached hydrogens (primary N) is 5. The van der Waals surface area contributed by atoms with Crippen LogP contribution < -0.4 is 88.0 Å². The van der Waals surface area contributed by atoms with Crippen molar-refractivity contribution in [2.45, 2.75) is 103 Å². The van der Waals surface area contributed by atoms with Crippen LogP contribution in [0, 0.1) is 0 Å². The second-order valence-electron chi connectivity index (χ2n) is 21.9. The second kappa shape index (κ2) is 80.9. The lowest BCUT2D eigenvalue weighted by atomic mass is 9.93. The Bertz CT molecular complexity index is 2810. The number of benzene rings is 3. The van der Waals surface area contributed by atoms with Gasteiger partial charge in [-0.1, -0.05) is 92.2 Å². The minimum Gasteiger partial charge on any atom is -0.481 e. The average Bonchev–Trinajstić information content (AvgIpc) is 0.841. The molecular weight excluding hydrogens is 1460 g/mol. The molecule has 2 atom stereocenters. The SMILES string of the molecule is CCC(C)(NC(C)C(=O)O)C(=O)O.N.NC(=O)CCNCC(=O)O.NC(=O)CNCC(=O)O.NCCCCNCC(=O)O.NCCCNCC(=O)O.NCCNCC(=O)O.O=C(O)CCNCC(=O)O.O=C(O)CNC1CCC1.O=C(O)CNCC(=O)O.O=C(O)CNCc1ccccc1.c1ccc2ccccc2c1. The molecule has 2 amide bonds. The number of carboxylic acid groups (broad SMARTS) is 13. The van der Waals surface area contributed by atoms with E-state index < -0.39 is 101 Å². The largest absolute Gasteiger partial charge is 0.481 e. The Kier molecular flexibility index (Phi) is 84.8. The van der Waals surface area contributed by atoms with Crippen LogP contribution in [0.4, 0.5) is 0 Å². The molecule has 1 aliphatic carbocycles. The smallest absolute Gasteiger partial charge is 0.323 e. The van der Waals surface area contributed by atoms with Crippen molar-refractivity contribution in [2.75, 3.05) is 124 Å². The number of nitrogens with one attached hydrogen (secondary N) is 10. The minimum atomic E-state index is -1.17. The summed E-state index contributed by atoms with van der Waals surface area (Å²) in [6.45, 7) is 8.36. The maximum atomic E-state index is 10.8. The van der Waals surface area contributed by atoms with Crippen LogP contribution in [0.15, 0.2) is 78.9 Å². The quantitative estimate of drug-likeness (QED) is 0.0240. The van der Waals surface area contributed by atoms with Gasteiger partial charge in [-0.3, -0.25) is 87.9 Å². The lowest BCUT2D eigenvalue weighted by molar-refractivity contribution is -0.147. The van der Waals surface area contributed by atoms with E-state index in [1.807, 2.05) is 30.3 Å². The standard InChI is InChI=1S/C10H8.C9H11NO2.C8H15NO4.C6H14N2O2.C6H11NO2.C5H10N2O3.C5H12N2O2.C5H9NO4.C4H8N2O3.C4H10N2O2.C4H7NO4.H3N/c1-2-6-10-8-4-3-7-9(10)5-1;11-9(12)7-10-6-8-4-2-1-3-5-8;1-4-8(3,7(12)13)9-5(2)6(10)11;7-3-1-2-4-8-5-6(9)10;8-6(9)4-7-5-2-1-3-5;6-4(8)1-2-7-3-5(9)10;6-2-1-3-7-4-5(8)9;7-4(8)1-2-6-3-5(9)10;5-3(7)1-6-2-4(8)9;5-1-2-6-3-4(7)8;6-3(7)1-5-2-4(8)9;/h1-8H;1-5,10H,6-7H2,(H,11,12);5,9H,4H2,1-3H3,(H,10,11)(H,12,13);8H,1-5,7H2,(H,9,10);5,7H,1-4H2,(H,8,9);7H,1-3H2,(H2,6,8)(H,9,10);7H,1-4,6H2,(H,8,9);6H,1-3H2,(H,7,8)(H,9,10);6H,1-2H2,(H2,5,7)(H,8,9);6H,1-3,5H2,(H,7,8);5H,1-2H2,(H,6,7)(H,8,9);1H3. The van der Waals surface area contributed by atoms with Crippen LogP contribution in [0.1, 0.15) is 84.1 Å². The van der Waals surface area contributed by atoms with E-state index in [0.29, 0.717) is 58.3 Å². The fourth-order valence-electron chi connectivity index (χ4n) is 6.42. The van der Waals surface area contributed by atoms with Gasteiger partial charge in [0.25, 0.3) is 0 Å². The fourth-order valence-corrected chi connectivity index (χ4v) is 6.42. The van der Waals surface area contributed by atoms with E-state index in [1.54, 1.807) is 6.92 Å². The van der Waals surface area contributed by atoms with Gasteiger partial charge < -0.3 is 138 Å². The van der Waals surface area contributed by atoms with Crippen molar-refractivity contribution in [1.82, 2.24) is 59.3 Å². The molecule has 0 spiro atoms. The van der Waals surface area contributed by atoms with Gasteiger partial charge in [-0.2, -0.15) is 0 Å². The van der Waals surface area contributed by atoms with Crippen LogP contribution in [0.5, 0.6) is 0 Å². The number of rotatable bonds is 45. The topological polar surface area (TPSA) is 804 Å². The van der Waals surface area contributed by atoms with Gasteiger partial charge in [0.1, 0.15) is 11.6 Å². The van der Waals surface area contributed by atoms with E-state index in [0.717, 1.165) is 44.2 Å². The Labute approximate surface area is 636 Å². The first kappa shape index (κ1) is 115. The molecule has 0 saturated heterocycles. The van der Waals surface area contributed by atoms with Gasteiger partial charge in [-0.05, 0) is 94.9 Å². The predicted octanol–water partition coefficient (Wildman–Crippen LogP) is -4.03.